The van der Waals surface area contributed by atoms with E-state index in [1.54, 1.807) is 0 Å². The number of pyridine rings is 1. The molecule has 0 radical (unpaired) electrons. The lowest BCUT2D eigenvalue weighted by atomic mass is 9.89. The lowest BCUT2D eigenvalue weighted by Gasteiger charge is -2.29. The van der Waals surface area contributed by atoms with E-state index >= 15 is 0 Å². The average Bonchev–Trinajstić information content (AvgIpc) is 2.89. The molecule has 0 aliphatic carbocycles. The summed E-state index contributed by atoms with van der Waals surface area (Å²) in [7, 11) is 2.12. The highest BCUT2D eigenvalue weighted by Crippen LogP contribution is 2.29. The molecule has 1 aliphatic rings. The number of benzene rings is 2. The number of aromatic carboxylic acids is 1. The van der Waals surface area contributed by atoms with Gasteiger partial charge in [0.25, 0.3) is 0 Å². The smallest absolute Gasteiger partial charge is 0.477 e. The first-order valence-electron chi connectivity index (χ1n) is 12.1. The number of hydrogen-bond donors (Lipinski definition) is 2. The lowest BCUT2D eigenvalue weighted by Crippen LogP contribution is -2.29. The third-order valence-electron chi connectivity index (χ3n) is 6.68. The van der Waals surface area contributed by atoms with Gasteiger partial charge in [0.1, 0.15) is 11.3 Å². The fraction of sp³-hybridized carbons (Fsp3) is 0.259. The summed E-state index contributed by atoms with van der Waals surface area (Å²) in [6.07, 6.45) is -0.364. The van der Waals surface area contributed by atoms with E-state index in [1.165, 1.54) is 28.5 Å². The zero-order chi connectivity index (χ0) is 27.7. The number of aromatic nitrogens is 3. The van der Waals surface area contributed by atoms with Crippen LogP contribution >= 0.6 is 0 Å². The Bertz CT molecular complexity index is 1560. The maximum absolute atomic E-state index is 12.8. The normalized spacial score (nSPS) is 14.9. The minimum absolute atomic E-state index is 0.0614. The van der Waals surface area contributed by atoms with Gasteiger partial charge in [-0.1, -0.05) is 12.1 Å². The first-order valence-corrected chi connectivity index (χ1v) is 12.1. The topological polar surface area (TPSA) is 110 Å². The molecule has 0 spiro atoms. The zero-order valence-corrected chi connectivity index (χ0v) is 20.8. The highest BCUT2D eigenvalue weighted by atomic mass is 19.4. The molecule has 9 nitrogen and oxygen atoms in total. The molecule has 1 fully saturated rings. The number of halogens is 3. The van der Waals surface area contributed by atoms with Crippen molar-refractivity contribution in [2.75, 3.05) is 25.5 Å². The Morgan fingerprint density at radius 1 is 1.08 bits per heavy atom. The lowest BCUT2D eigenvalue weighted by molar-refractivity contribution is -0.274. The first-order chi connectivity index (χ1) is 18.6. The second kappa shape index (κ2) is 10.4. The third kappa shape index (κ3) is 5.85. The number of nitrogens with zero attached hydrogens (tertiary/aromatic N) is 4. The van der Waals surface area contributed by atoms with Crippen molar-refractivity contribution in [1.29, 1.82) is 0 Å². The fourth-order valence-electron chi connectivity index (χ4n) is 4.64. The van der Waals surface area contributed by atoms with Crippen LogP contribution in [0.4, 0.5) is 24.8 Å². The summed E-state index contributed by atoms with van der Waals surface area (Å²) in [4.78, 5) is 35.5. The first kappa shape index (κ1) is 26.2. The molecule has 1 aliphatic heterocycles. The standard InChI is InChI=1S/C27H24F3N5O4/c1-34-12-10-17(11-13-34)16-2-4-18(5-3-16)32-26-31-14-21-23(36)22(25(37)38)15-35(24(21)33-26)19-6-8-20(9-7-19)39-27(28,29)30/h2-9,14-15,17H,10-13H2,1H3,(H,37,38)(H,31,32,33). The van der Waals surface area contributed by atoms with E-state index in [9.17, 15) is 27.9 Å². The van der Waals surface area contributed by atoms with Gasteiger partial charge >= 0.3 is 12.3 Å². The molecule has 3 heterocycles. The van der Waals surface area contributed by atoms with Crippen molar-refractivity contribution in [2.45, 2.75) is 25.1 Å². The van der Waals surface area contributed by atoms with E-state index in [4.69, 9.17) is 0 Å². The third-order valence-corrected chi connectivity index (χ3v) is 6.68. The molecule has 2 N–H and O–H groups in total. The van der Waals surface area contributed by atoms with Crippen LogP contribution in [0.2, 0.25) is 0 Å². The van der Waals surface area contributed by atoms with Crippen LogP contribution in [0.15, 0.2) is 65.7 Å². The summed E-state index contributed by atoms with van der Waals surface area (Å²) in [5, 5.41) is 12.6. The number of carboxylic acid groups (broad SMARTS) is 1. The molecule has 1 saturated heterocycles. The van der Waals surface area contributed by atoms with Crippen LogP contribution in [0.5, 0.6) is 5.75 Å². The summed E-state index contributed by atoms with van der Waals surface area (Å²) in [6, 6.07) is 12.7. The molecule has 4 aromatic rings. The summed E-state index contributed by atoms with van der Waals surface area (Å²) in [6.45, 7) is 2.11. The van der Waals surface area contributed by atoms with E-state index in [0.717, 1.165) is 49.9 Å². The van der Waals surface area contributed by atoms with Crippen molar-refractivity contribution < 1.29 is 27.8 Å². The van der Waals surface area contributed by atoms with Gasteiger partial charge in [-0.2, -0.15) is 4.98 Å². The second-order valence-electron chi connectivity index (χ2n) is 9.34. The van der Waals surface area contributed by atoms with Crippen molar-refractivity contribution in [3.8, 4) is 11.4 Å². The van der Waals surface area contributed by atoms with Crippen LogP contribution < -0.4 is 15.5 Å². The van der Waals surface area contributed by atoms with Gasteiger partial charge in [-0.15, -0.1) is 13.2 Å². The van der Waals surface area contributed by atoms with E-state index in [0.29, 0.717) is 5.92 Å². The van der Waals surface area contributed by atoms with Crippen LogP contribution in [-0.4, -0.2) is 57.0 Å². The summed E-state index contributed by atoms with van der Waals surface area (Å²) >= 11 is 0. The van der Waals surface area contributed by atoms with Crippen molar-refractivity contribution in [2.24, 2.45) is 0 Å². The summed E-state index contributed by atoms with van der Waals surface area (Å²) in [5.74, 6) is -1.25. The molecule has 2 aromatic carbocycles. The van der Waals surface area contributed by atoms with Gasteiger partial charge in [0.05, 0.1) is 5.39 Å². The fourth-order valence-corrected chi connectivity index (χ4v) is 4.64. The zero-order valence-electron chi connectivity index (χ0n) is 20.8. The number of carboxylic acids is 1. The Balaban J connectivity index is 1.48. The highest BCUT2D eigenvalue weighted by Gasteiger charge is 2.31. The predicted octanol–water partition coefficient (Wildman–Crippen LogP) is 4.93. The van der Waals surface area contributed by atoms with Crippen molar-refractivity contribution in [1.82, 2.24) is 19.4 Å². The second-order valence-corrected chi connectivity index (χ2v) is 9.34. The molecular formula is C27H24F3N5O4. The van der Waals surface area contributed by atoms with Crippen LogP contribution in [0.1, 0.15) is 34.7 Å². The Labute approximate surface area is 220 Å². The van der Waals surface area contributed by atoms with Gasteiger partial charge < -0.3 is 24.6 Å². The molecule has 0 atom stereocenters. The van der Waals surface area contributed by atoms with E-state index in [2.05, 4.69) is 44.1 Å². The van der Waals surface area contributed by atoms with Gasteiger partial charge in [0.15, 0.2) is 5.65 Å². The quantitative estimate of drug-likeness (QED) is 0.355. The highest BCUT2D eigenvalue weighted by molar-refractivity contribution is 5.92. The SMILES string of the molecule is CN1CCC(c2ccc(Nc3ncc4c(=O)c(C(=O)O)cn(-c5ccc(OC(F)(F)F)cc5)c4n3)cc2)CC1. The maximum Gasteiger partial charge on any atom is 0.573 e. The average molecular weight is 540 g/mol. The number of ether oxygens (including phenoxy) is 1. The molecule has 12 heteroatoms. The Kier molecular flexibility index (Phi) is 6.96. The number of fused-ring (bicyclic) bond motifs is 1. The largest absolute Gasteiger partial charge is 0.573 e. The molecule has 39 heavy (non-hydrogen) atoms. The molecule has 2 aromatic heterocycles. The van der Waals surface area contributed by atoms with Crippen molar-refractivity contribution >= 4 is 28.6 Å². The molecule has 0 saturated carbocycles. The Morgan fingerprint density at radius 2 is 1.74 bits per heavy atom. The Morgan fingerprint density at radius 3 is 2.36 bits per heavy atom. The predicted molar refractivity (Wildman–Crippen MR) is 138 cm³/mol. The van der Waals surface area contributed by atoms with E-state index in [-0.39, 0.29) is 22.7 Å². The minimum atomic E-state index is -4.86. The maximum atomic E-state index is 12.8. The van der Waals surface area contributed by atoms with Gasteiger partial charge in [-0.25, -0.2) is 9.78 Å². The van der Waals surface area contributed by atoms with E-state index in [1.807, 2.05) is 12.1 Å². The van der Waals surface area contributed by atoms with Gasteiger partial charge in [-0.3, -0.25) is 4.79 Å². The molecular weight excluding hydrogens is 515 g/mol. The van der Waals surface area contributed by atoms with Crippen LogP contribution in [0.25, 0.3) is 16.7 Å². The van der Waals surface area contributed by atoms with Gasteiger partial charge in [0, 0.05) is 23.8 Å². The number of likely N-dealkylation sites (tertiary alicyclic amines) is 1. The number of piperidine rings is 1. The monoisotopic (exact) mass is 539 g/mol. The number of nitrogens with one attached hydrogen (secondary N) is 1. The summed E-state index contributed by atoms with van der Waals surface area (Å²) in [5.41, 5.74) is 1.00. The van der Waals surface area contributed by atoms with Crippen LogP contribution in [0, 0.1) is 0 Å². The number of carbonyl (C=O) groups is 1. The molecule has 0 amide bonds. The number of anilines is 2. The minimum Gasteiger partial charge on any atom is -0.477 e. The van der Waals surface area contributed by atoms with Crippen LogP contribution in [0.3, 0.4) is 0 Å². The van der Waals surface area contributed by atoms with Gasteiger partial charge in [-0.05, 0) is 80.9 Å². The number of alkyl halides is 3. The molecule has 0 unspecified atom stereocenters. The molecule has 5 rings (SSSR count). The number of rotatable bonds is 6. The molecule has 202 valence electrons. The van der Waals surface area contributed by atoms with Crippen molar-refractivity contribution in [3.63, 3.8) is 0 Å². The Hall–Kier alpha value is -4.45. The van der Waals surface area contributed by atoms with E-state index < -0.39 is 29.1 Å². The van der Waals surface area contributed by atoms with Crippen molar-refractivity contribution in [3.05, 3.63) is 82.3 Å². The number of hydrogen-bond acceptors (Lipinski definition) is 7. The van der Waals surface area contributed by atoms with Crippen LogP contribution in [-0.2, 0) is 0 Å². The summed E-state index contributed by atoms with van der Waals surface area (Å²) < 4.78 is 42.9. The molecule has 0 bridgehead atoms. The van der Waals surface area contributed by atoms with Gasteiger partial charge in [0.2, 0.25) is 11.4 Å².